The van der Waals surface area contributed by atoms with Crippen LogP contribution in [0.15, 0.2) is 84.9 Å². The summed E-state index contributed by atoms with van der Waals surface area (Å²) >= 11 is 0. The van der Waals surface area contributed by atoms with E-state index in [1.807, 2.05) is 0 Å². The second-order valence-electron chi connectivity index (χ2n) is 8.42. The van der Waals surface area contributed by atoms with Crippen LogP contribution in [0.1, 0.15) is 43.0 Å². The molecule has 150 valence electrons. The Morgan fingerprint density at radius 2 is 1.27 bits per heavy atom. The van der Waals surface area contributed by atoms with Crippen molar-refractivity contribution in [2.75, 3.05) is 0 Å². The molecule has 0 aliphatic heterocycles. The van der Waals surface area contributed by atoms with Gasteiger partial charge in [-0.3, -0.25) is 0 Å². The Kier molecular flexibility index (Phi) is 5.00. The van der Waals surface area contributed by atoms with Crippen LogP contribution >= 0.6 is 0 Å². The summed E-state index contributed by atoms with van der Waals surface area (Å²) in [5.41, 5.74) is 7.80. The quantitative estimate of drug-likeness (QED) is 0.336. The summed E-state index contributed by atoms with van der Waals surface area (Å²) in [5.74, 6) is 1.30. The fourth-order valence-electron chi connectivity index (χ4n) is 5.08. The van der Waals surface area contributed by atoms with Crippen molar-refractivity contribution >= 4 is 0 Å². The predicted molar refractivity (Wildman–Crippen MR) is 124 cm³/mol. The Morgan fingerprint density at radius 3 is 1.90 bits per heavy atom. The summed E-state index contributed by atoms with van der Waals surface area (Å²) in [7, 11) is 0. The number of rotatable bonds is 4. The lowest BCUT2D eigenvalue weighted by molar-refractivity contribution is -0.700. The van der Waals surface area contributed by atoms with Gasteiger partial charge in [-0.05, 0) is 56.4 Å². The topological polar surface area (TPSA) is 8.81 Å². The van der Waals surface area contributed by atoms with Crippen molar-refractivity contribution in [2.24, 2.45) is 0 Å². The van der Waals surface area contributed by atoms with E-state index >= 15 is 0 Å². The molecule has 0 radical (unpaired) electrons. The van der Waals surface area contributed by atoms with Crippen LogP contribution in [-0.2, 0) is 0 Å². The van der Waals surface area contributed by atoms with Gasteiger partial charge in [-0.2, -0.15) is 4.57 Å². The van der Waals surface area contributed by atoms with Crippen molar-refractivity contribution in [3.63, 3.8) is 0 Å². The summed E-state index contributed by atoms with van der Waals surface area (Å²) in [6.07, 6.45) is 5.13. The molecule has 3 aromatic carbocycles. The van der Waals surface area contributed by atoms with Crippen LogP contribution in [0.2, 0.25) is 0 Å². The average molecular weight is 394 g/mol. The van der Waals surface area contributed by atoms with Gasteiger partial charge in [-0.15, -0.1) is 0 Å². The fourth-order valence-corrected chi connectivity index (χ4v) is 5.08. The second kappa shape index (κ2) is 7.95. The van der Waals surface area contributed by atoms with Crippen molar-refractivity contribution in [1.82, 2.24) is 4.57 Å². The maximum Gasteiger partial charge on any atom is 0.295 e. The molecule has 2 nitrogen and oxygen atoms in total. The highest BCUT2D eigenvalue weighted by molar-refractivity contribution is 5.66. The third-order valence-corrected chi connectivity index (χ3v) is 6.48. The molecule has 0 unspecified atom stereocenters. The molecule has 2 heteroatoms. The highest BCUT2D eigenvalue weighted by atomic mass is 15.2. The minimum Gasteiger partial charge on any atom is -0.220 e. The van der Waals surface area contributed by atoms with Gasteiger partial charge in [0.15, 0.2) is 11.4 Å². The van der Waals surface area contributed by atoms with E-state index in [2.05, 4.69) is 108 Å². The SMILES string of the molecule is Cc1ccccc1-n1c(C)c(-c2ccccc2)[n+](C2CCCC2)c1-c1ccccc1. The van der Waals surface area contributed by atoms with E-state index < -0.39 is 0 Å². The average Bonchev–Trinajstić information content (AvgIpc) is 3.41. The molecule has 1 aromatic heterocycles. The van der Waals surface area contributed by atoms with Gasteiger partial charge < -0.3 is 0 Å². The van der Waals surface area contributed by atoms with Gasteiger partial charge in [-0.25, -0.2) is 4.57 Å². The molecular weight excluding hydrogens is 364 g/mol. The van der Waals surface area contributed by atoms with Crippen molar-refractivity contribution in [1.29, 1.82) is 0 Å². The maximum absolute atomic E-state index is 2.65. The lowest BCUT2D eigenvalue weighted by Gasteiger charge is -2.13. The largest absolute Gasteiger partial charge is 0.295 e. The molecule has 0 bridgehead atoms. The molecule has 5 rings (SSSR count). The molecule has 1 fully saturated rings. The van der Waals surface area contributed by atoms with Crippen LogP contribution in [0.3, 0.4) is 0 Å². The number of hydrogen-bond donors (Lipinski definition) is 0. The summed E-state index contributed by atoms with van der Waals surface area (Å²) in [4.78, 5) is 0. The van der Waals surface area contributed by atoms with Crippen molar-refractivity contribution in [2.45, 2.75) is 45.6 Å². The zero-order valence-corrected chi connectivity index (χ0v) is 17.9. The first-order chi connectivity index (χ1) is 14.8. The van der Waals surface area contributed by atoms with Gasteiger partial charge in [0, 0.05) is 12.5 Å². The van der Waals surface area contributed by atoms with Crippen molar-refractivity contribution < 1.29 is 4.57 Å². The standard InChI is InChI=1S/C28H29N2/c1-21-13-9-12-20-26(21)29-22(2)27(23-14-5-3-6-15-23)30(25-18-10-11-19-25)28(29)24-16-7-4-8-17-24/h3-9,12-17,20,25H,10-11,18-19H2,1-2H3/q+1. The van der Waals surface area contributed by atoms with Crippen LogP contribution in [0.5, 0.6) is 0 Å². The summed E-state index contributed by atoms with van der Waals surface area (Å²) in [5, 5.41) is 0. The van der Waals surface area contributed by atoms with E-state index in [4.69, 9.17) is 0 Å². The van der Waals surface area contributed by atoms with Crippen LogP contribution < -0.4 is 4.57 Å². The molecule has 1 saturated carbocycles. The predicted octanol–water partition coefficient (Wildman–Crippen LogP) is 6.83. The Labute approximate surface area is 179 Å². The number of imidazole rings is 1. The Bertz CT molecular complexity index is 1150. The van der Waals surface area contributed by atoms with Gasteiger partial charge in [0.25, 0.3) is 5.82 Å². The van der Waals surface area contributed by atoms with Gasteiger partial charge in [-0.1, -0.05) is 66.7 Å². The molecule has 0 atom stereocenters. The van der Waals surface area contributed by atoms with Gasteiger partial charge in [0.05, 0.1) is 5.56 Å². The number of aryl methyl sites for hydroxylation is 1. The van der Waals surface area contributed by atoms with Crippen molar-refractivity contribution in [3.05, 3.63) is 96.2 Å². The number of hydrogen-bond acceptors (Lipinski definition) is 0. The Morgan fingerprint density at radius 1 is 0.700 bits per heavy atom. The zero-order chi connectivity index (χ0) is 20.5. The molecule has 1 aliphatic carbocycles. The molecular formula is C28H29N2+. The minimum atomic E-state index is 0.541. The number of aromatic nitrogens is 2. The van der Waals surface area contributed by atoms with Crippen LogP contribution in [0.4, 0.5) is 0 Å². The molecule has 1 heterocycles. The lowest BCUT2D eigenvalue weighted by atomic mass is 10.1. The highest BCUT2D eigenvalue weighted by Gasteiger charge is 2.36. The van der Waals surface area contributed by atoms with Gasteiger partial charge in [0.2, 0.25) is 0 Å². The summed E-state index contributed by atoms with van der Waals surface area (Å²) in [6.45, 7) is 4.50. The zero-order valence-electron chi connectivity index (χ0n) is 17.9. The van der Waals surface area contributed by atoms with E-state index in [1.54, 1.807) is 0 Å². The highest BCUT2D eigenvalue weighted by Crippen LogP contribution is 2.36. The molecule has 1 aliphatic rings. The van der Waals surface area contributed by atoms with Crippen LogP contribution in [-0.4, -0.2) is 4.57 Å². The van der Waals surface area contributed by atoms with E-state index in [-0.39, 0.29) is 0 Å². The third kappa shape index (κ3) is 3.17. The summed E-state index contributed by atoms with van der Waals surface area (Å²) < 4.78 is 5.14. The van der Waals surface area contributed by atoms with E-state index in [0.29, 0.717) is 6.04 Å². The fraction of sp³-hybridized carbons (Fsp3) is 0.250. The smallest absolute Gasteiger partial charge is 0.220 e. The van der Waals surface area contributed by atoms with E-state index in [0.717, 1.165) is 0 Å². The van der Waals surface area contributed by atoms with E-state index in [1.165, 1.54) is 65.3 Å². The molecule has 30 heavy (non-hydrogen) atoms. The maximum atomic E-state index is 2.65. The van der Waals surface area contributed by atoms with Crippen LogP contribution in [0.25, 0.3) is 28.3 Å². The van der Waals surface area contributed by atoms with Crippen molar-refractivity contribution in [3.8, 4) is 28.3 Å². The van der Waals surface area contributed by atoms with Gasteiger partial charge in [0.1, 0.15) is 11.7 Å². The first-order valence-electron chi connectivity index (χ1n) is 11.1. The first-order valence-corrected chi connectivity index (χ1v) is 11.1. The molecule has 4 aromatic rings. The normalized spacial score (nSPS) is 14.3. The molecule has 0 spiro atoms. The molecule has 0 amide bonds. The minimum absolute atomic E-state index is 0.541. The number of para-hydroxylation sites is 1. The molecule has 0 saturated heterocycles. The van der Waals surface area contributed by atoms with Gasteiger partial charge >= 0.3 is 0 Å². The number of nitrogens with zero attached hydrogens (tertiary/aromatic N) is 2. The monoisotopic (exact) mass is 393 g/mol. The Balaban J connectivity index is 1.90. The second-order valence-corrected chi connectivity index (χ2v) is 8.42. The Hall–Kier alpha value is -3.13. The number of benzene rings is 3. The van der Waals surface area contributed by atoms with E-state index in [9.17, 15) is 0 Å². The first kappa shape index (κ1) is 18.9. The summed E-state index contributed by atoms with van der Waals surface area (Å²) in [6, 6.07) is 31.1. The lowest BCUT2D eigenvalue weighted by Crippen LogP contribution is -2.41. The third-order valence-electron chi connectivity index (χ3n) is 6.48. The molecule has 0 N–H and O–H groups in total. The van der Waals surface area contributed by atoms with Crippen LogP contribution in [0, 0.1) is 13.8 Å².